The van der Waals surface area contributed by atoms with Gasteiger partial charge in [-0.1, -0.05) is 43.1 Å². The third kappa shape index (κ3) is 2.98. The smallest absolute Gasteiger partial charge is 0.0636 e. The molecule has 0 aromatic heterocycles. The van der Waals surface area contributed by atoms with Crippen molar-refractivity contribution in [2.24, 2.45) is 5.92 Å². The van der Waals surface area contributed by atoms with E-state index in [0.717, 1.165) is 29.5 Å². The summed E-state index contributed by atoms with van der Waals surface area (Å²) in [6.07, 6.45) is 1.15. The SMILES string of the molecule is CCCNC1c2ccc(Cl)c(Cl)c2CSCC1C. The third-order valence-corrected chi connectivity index (χ3v) is 5.48. The maximum absolute atomic E-state index is 6.36. The summed E-state index contributed by atoms with van der Waals surface area (Å²) in [5, 5.41) is 5.05. The standard InChI is InChI=1S/C14H19Cl2NS/c1-3-6-17-14-9(2)7-18-8-11-10(14)4-5-12(15)13(11)16/h4-5,9,14,17H,3,6-8H2,1-2H3. The molecule has 18 heavy (non-hydrogen) atoms. The quantitative estimate of drug-likeness (QED) is 0.851. The number of nitrogens with one attached hydrogen (secondary N) is 1. The molecule has 2 rings (SSSR count). The van der Waals surface area contributed by atoms with Crippen molar-refractivity contribution in [3.8, 4) is 0 Å². The predicted octanol–water partition coefficient (Wildman–Crippen LogP) is 4.92. The van der Waals surface area contributed by atoms with Crippen molar-refractivity contribution in [1.29, 1.82) is 0 Å². The molecule has 1 aromatic carbocycles. The average Bonchev–Trinajstić information content (AvgIpc) is 2.51. The van der Waals surface area contributed by atoms with Gasteiger partial charge >= 0.3 is 0 Å². The van der Waals surface area contributed by atoms with Gasteiger partial charge in [-0.3, -0.25) is 0 Å². The van der Waals surface area contributed by atoms with Crippen molar-refractivity contribution in [2.45, 2.75) is 32.1 Å². The van der Waals surface area contributed by atoms with Crippen molar-refractivity contribution in [3.63, 3.8) is 0 Å². The summed E-state index contributed by atoms with van der Waals surface area (Å²) < 4.78 is 0. The molecule has 0 saturated carbocycles. The molecule has 1 heterocycles. The van der Waals surface area contributed by atoms with Crippen LogP contribution in [0.1, 0.15) is 37.4 Å². The van der Waals surface area contributed by atoms with E-state index in [1.807, 2.05) is 17.8 Å². The minimum absolute atomic E-state index is 0.393. The molecule has 1 N–H and O–H groups in total. The minimum Gasteiger partial charge on any atom is -0.310 e. The maximum Gasteiger partial charge on any atom is 0.0636 e. The van der Waals surface area contributed by atoms with Crippen LogP contribution in [0.2, 0.25) is 10.0 Å². The Morgan fingerprint density at radius 3 is 2.89 bits per heavy atom. The summed E-state index contributed by atoms with van der Waals surface area (Å²) in [5.41, 5.74) is 2.54. The fourth-order valence-electron chi connectivity index (χ4n) is 2.41. The molecule has 1 nitrogen and oxygen atoms in total. The first-order chi connectivity index (χ1) is 8.65. The highest BCUT2D eigenvalue weighted by atomic mass is 35.5. The first-order valence-electron chi connectivity index (χ1n) is 6.43. The van der Waals surface area contributed by atoms with Gasteiger partial charge in [0.25, 0.3) is 0 Å². The fourth-order valence-corrected chi connectivity index (χ4v) is 4.10. The second-order valence-electron chi connectivity index (χ2n) is 4.85. The number of rotatable bonds is 3. The van der Waals surface area contributed by atoms with Crippen LogP contribution < -0.4 is 5.32 Å². The molecule has 1 aliphatic heterocycles. The van der Waals surface area contributed by atoms with E-state index in [1.54, 1.807) is 0 Å². The third-order valence-electron chi connectivity index (χ3n) is 3.38. The van der Waals surface area contributed by atoms with Crippen molar-refractivity contribution in [3.05, 3.63) is 33.3 Å². The van der Waals surface area contributed by atoms with Crippen LogP contribution in [0.4, 0.5) is 0 Å². The first-order valence-corrected chi connectivity index (χ1v) is 8.34. The van der Waals surface area contributed by atoms with Crippen molar-refractivity contribution in [1.82, 2.24) is 5.32 Å². The molecule has 2 atom stereocenters. The molecular formula is C14H19Cl2NS. The summed E-state index contributed by atoms with van der Waals surface area (Å²) in [6.45, 7) is 5.54. The lowest BCUT2D eigenvalue weighted by molar-refractivity contribution is 0.419. The lowest BCUT2D eigenvalue weighted by Crippen LogP contribution is -2.28. The van der Waals surface area contributed by atoms with Crippen molar-refractivity contribution in [2.75, 3.05) is 12.3 Å². The van der Waals surface area contributed by atoms with E-state index in [4.69, 9.17) is 23.2 Å². The van der Waals surface area contributed by atoms with Gasteiger partial charge in [0.1, 0.15) is 0 Å². The Hall–Kier alpha value is 0.110. The van der Waals surface area contributed by atoms with Crippen LogP contribution in [0.3, 0.4) is 0 Å². The highest BCUT2D eigenvalue weighted by molar-refractivity contribution is 7.98. The van der Waals surface area contributed by atoms with E-state index in [1.165, 1.54) is 11.1 Å². The zero-order chi connectivity index (χ0) is 13.1. The summed E-state index contributed by atoms with van der Waals surface area (Å²) >= 11 is 14.4. The van der Waals surface area contributed by atoms with Gasteiger partial charge in [0.15, 0.2) is 0 Å². The van der Waals surface area contributed by atoms with Gasteiger partial charge in [-0.15, -0.1) is 0 Å². The normalized spacial score (nSPS) is 23.6. The lowest BCUT2D eigenvalue weighted by atomic mass is 9.92. The van der Waals surface area contributed by atoms with Gasteiger partial charge in [0.2, 0.25) is 0 Å². The Kier molecular flexibility index (Phi) is 5.25. The molecule has 0 spiro atoms. The predicted molar refractivity (Wildman–Crippen MR) is 82.8 cm³/mol. The Morgan fingerprint density at radius 1 is 1.39 bits per heavy atom. The molecular weight excluding hydrogens is 285 g/mol. The Labute approximate surface area is 124 Å². The molecule has 4 heteroatoms. The van der Waals surface area contributed by atoms with E-state index in [0.29, 0.717) is 17.0 Å². The minimum atomic E-state index is 0.393. The van der Waals surface area contributed by atoms with E-state index in [2.05, 4.69) is 25.2 Å². The molecule has 2 unspecified atom stereocenters. The fraction of sp³-hybridized carbons (Fsp3) is 0.571. The largest absolute Gasteiger partial charge is 0.310 e. The second-order valence-corrected chi connectivity index (χ2v) is 6.67. The van der Waals surface area contributed by atoms with Gasteiger partial charge in [0, 0.05) is 11.8 Å². The first kappa shape index (κ1) is 14.5. The Balaban J connectivity index is 2.39. The summed E-state index contributed by atoms with van der Waals surface area (Å²) in [6, 6.07) is 4.45. The zero-order valence-corrected chi connectivity index (χ0v) is 13.1. The van der Waals surface area contributed by atoms with Gasteiger partial charge in [-0.05, 0) is 41.8 Å². The maximum atomic E-state index is 6.36. The van der Waals surface area contributed by atoms with Gasteiger partial charge in [-0.2, -0.15) is 11.8 Å². The number of hydrogen-bond donors (Lipinski definition) is 1. The summed E-state index contributed by atoms with van der Waals surface area (Å²) in [4.78, 5) is 0. The molecule has 100 valence electrons. The van der Waals surface area contributed by atoms with Crippen LogP contribution in [-0.4, -0.2) is 12.3 Å². The van der Waals surface area contributed by atoms with E-state index in [-0.39, 0.29) is 0 Å². The van der Waals surface area contributed by atoms with Crippen LogP contribution in [0.15, 0.2) is 12.1 Å². The lowest BCUT2D eigenvalue weighted by Gasteiger charge is -2.25. The Bertz CT molecular complexity index is 423. The number of halogens is 2. The molecule has 0 amide bonds. The van der Waals surface area contributed by atoms with Crippen molar-refractivity contribution >= 4 is 35.0 Å². The van der Waals surface area contributed by atoms with Gasteiger partial charge in [-0.25, -0.2) is 0 Å². The van der Waals surface area contributed by atoms with Crippen LogP contribution in [0.5, 0.6) is 0 Å². The second kappa shape index (κ2) is 6.51. The zero-order valence-electron chi connectivity index (χ0n) is 10.8. The van der Waals surface area contributed by atoms with Gasteiger partial charge in [0.05, 0.1) is 10.0 Å². The highest BCUT2D eigenvalue weighted by Crippen LogP contribution is 2.40. The monoisotopic (exact) mass is 303 g/mol. The van der Waals surface area contributed by atoms with E-state index >= 15 is 0 Å². The molecule has 0 fully saturated rings. The highest BCUT2D eigenvalue weighted by Gasteiger charge is 2.26. The van der Waals surface area contributed by atoms with E-state index in [9.17, 15) is 0 Å². The molecule has 1 aliphatic rings. The molecule has 0 aliphatic carbocycles. The van der Waals surface area contributed by atoms with Crippen LogP contribution >= 0.6 is 35.0 Å². The molecule has 0 saturated heterocycles. The molecule has 0 bridgehead atoms. The van der Waals surface area contributed by atoms with Gasteiger partial charge < -0.3 is 5.32 Å². The molecule has 1 aromatic rings. The summed E-state index contributed by atoms with van der Waals surface area (Å²) in [5.74, 6) is 2.73. The number of hydrogen-bond acceptors (Lipinski definition) is 2. The summed E-state index contributed by atoms with van der Waals surface area (Å²) in [7, 11) is 0. The number of thioether (sulfide) groups is 1. The molecule has 0 radical (unpaired) electrons. The van der Waals surface area contributed by atoms with E-state index < -0.39 is 0 Å². The van der Waals surface area contributed by atoms with Crippen molar-refractivity contribution < 1.29 is 0 Å². The van der Waals surface area contributed by atoms with Crippen LogP contribution in [0, 0.1) is 5.92 Å². The Morgan fingerprint density at radius 2 is 2.17 bits per heavy atom. The number of benzene rings is 1. The average molecular weight is 304 g/mol. The topological polar surface area (TPSA) is 12.0 Å². The number of fused-ring (bicyclic) bond motifs is 1. The van der Waals surface area contributed by atoms with Crippen LogP contribution in [0.25, 0.3) is 0 Å². The van der Waals surface area contributed by atoms with Crippen LogP contribution in [-0.2, 0) is 5.75 Å².